The van der Waals surface area contributed by atoms with Gasteiger partial charge < -0.3 is 15.2 Å². The van der Waals surface area contributed by atoms with E-state index in [4.69, 9.17) is 9.84 Å². The zero-order valence-electron chi connectivity index (χ0n) is 8.25. The van der Waals surface area contributed by atoms with Gasteiger partial charge in [-0.25, -0.2) is 0 Å². The van der Waals surface area contributed by atoms with Crippen molar-refractivity contribution in [3.8, 4) is 5.75 Å². The highest BCUT2D eigenvalue weighted by Gasteiger charge is 2.12. The predicted octanol–water partition coefficient (Wildman–Crippen LogP) is 1.71. The third-order valence-corrected chi connectivity index (χ3v) is 2.83. The van der Waals surface area contributed by atoms with Crippen LogP contribution in [0.2, 0.25) is 0 Å². The fourth-order valence-corrected chi connectivity index (χ4v) is 1.78. The summed E-state index contributed by atoms with van der Waals surface area (Å²) in [5.74, 6) is 0.789. The first-order valence-electron chi connectivity index (χ1n) is 4.34. The van der Waals surface area contributed by atoms with E-state index < -0.39 is 0 Å². The van der Waals surface area contributed by atoms with E-state index in [9.17, 15) is 0 Å². The Labute approximate surface area is 92.2 Å². The van der Waals surface area contributed by atoms with E-state index in [1.807, 2.05) is 25.2 Å². The van der Waals surface area contributed by atoms with Crippen LogP contribution in [0.1, 0.15) is 11.6 Å². The third kappa shape index (κ3) is 2.47. The van der Waals surface area contributed by atoms with Crippen LogP contribution in [0.15, 0.2) is 22.7 Å². The fraction of sp³-hybridized carbons (Fsp3) is 0.400. The molecule has 1 aromatic carbocycles. The summed E-state index contributed by atoms with van der Waals surface area (Å²) in [6.07, 6.45) is 0. The van der Waals surface area contributed by atoms with E-state index in [0.717, 1.165) is 15.8 Å². The van der Waals surface area contributed by atoms with Gasteiger partial charge in [0, 0.05) is 4.47 Å². The molecule has 0 saturated carbocycles. The molecule has 1 aromatic rings. The molecule has 0 saturated heterocycles. The second-order valence-electron chi connectivity index (χ2n) is 2.91. The Morgan fingerprint density at radius 3 is 2.79 bits per heavy atom. The van der Waals surface area contributed by atoms with Gasteiger partial charge in [-0.05, 0) is 30.8 Å². The standard InChI is InChI=1S/C10H14BrNO2/c1-12-10(6-13)8-5-7(14-2)3-4-9(8)11/h3-5,10,12-13H,6H2,1-2H3. The number of aliphatic hydroxyl groups is 1. The minimum absolute atomic E-state index is 0.0578. The Balaban J connectivity index is 3.04. The summed E-state index contributed by atoms with van der Waals surface area (Å²) in [5, 5.41) is 12.2. The second-order valence-corrected chi connectivity index (χ2v) is 3.77. The summed E-state index contributed by atoms with van der Waals surface area (Å²) in [6.45, 7) is 0.0578. The van der Waals surface area contributed by atoms with E-state index in [1.54, 1.807) is 7.11 Å². The molecule has 0 spiro atoms. The summed E-state index contributed by atoms with van der Waals surface area (Å²) in [4.78, 5) is 0. The lowest BCUT2D eigenvalue weighted by molar-refractivity contribution is 0.250. The van der Waals surface area contributed by atoms with Gasteiger partial charge in [0.05, 0.1) is 19.8 Å². The van der Waals surface area contributed by atoms with Crippen LogP contribution in [0.3, 0.4) is 0 Å². The lowest BCUT2D eigenvalue weighted by Gasteiger charge is -2.16. The number of ether oxygens (including phenoxy) is 1. The Morgan fingerprint density at radius 1 is 1.57 bits per heavy atom. The first-order chi connectivity index (χ1) is 6.72. The van der Waals surface area contributed by atoms with Crippen molar-refractivity contribution in [2.24, 2.45) is 0 Å². The van der Waals surface area contributed by atoms with E-state index in [-0.39, 0.29) is 12.6 Å². The first-order valence-corrected chi connectivity index (χ1v) is 5.13. The maximum Gasteiger partial charge on any atom is 0.119 e. The van der Waals surface area contributed by atoms with Gasteiger partial charge in [0.1, 0.15) is 5.75 Å². The summed E-state index contributed by atoms with van der Waals surface area (Å²) >= 11 is 3.44. The van der Waals surface area contributed by atoms with Gasteiger partial charge in [-0.15, -0.1) is 0 Å². The predicted molar refractivity (Wildman–Crippen MR) is 59.6 cm³/mol. The quantitative estimate of drug-likeness (QED) is 0.866. The lowest BCUT2D eigenvalue weighted by Crippen LogP contribution is -2.20. The SMILES string of the molecule is CNC(CO)c1cc(OC)ccc1Br. The molecule has 0 heterocycles. The van der Waals surface area contributed by atoms with Crippen molar-refractivity contribution < 1.29 is 9.84 Å². The molecule has 1 unspecified atom stereocenters. The summed E-state index contributed by atoms with van der Waals surface area (Å²) < 4.78 is 6.08. The molecule has 0 aliphatic rings. The zero-order chi connectivity index (χ0) is 10.6. The van der Waals surface area contributed by atoms with Crippen molar-refractivity contribution in [3.05, 3.63) is 28.2 Å². The highest BCUT2D eigenvalue weighted by atomic mass is 79.9. The summed E-state index contributed by atoms with van der Waals surface area (Å²) in [7, 11) is 3.44. The van der Waals surface area contributed by atoms with Crippen LogP contribution in [0.4, 0.5) is 0 Å². The molecule has 0 amide bonds. The monoisotopic (exact) mass is 259 g/mol. The molecule has 0 aromatic heterocycles. The van der Waals surface area contributed by atoms with Crippen molar-refractivity contribution in [1.29, 1.82) is 0 Å². The van der Waals surface area contributed by atoms with Gasteiger partial charge in [-0.1, -0.05) is 15.9 Å². The first kappa shape index (κ1) is 11.5. The van der Waals surface area contributed by atoms with E-state index in [0.29, 0.717) is 0 Å². The summed E-state index contributed by atoms with van der Waals surface area (Å²) in [5.41, 5.74) is 0.995. The average molecular weight is 260 g/mol. The molecule has 2 N–H and O–H groups in total. The van der Waals surface area contributed by atoms with Gasteiger partial charge >= 0.3 is 0 Å². The van der Waals surface area contributed by atoms with E-state index in [2.05, 4.69) is 21.2 Å². The molecule has 0 aliphatic heterocycles. The van der Waals surface area contributed by atoms with Crippen molar-refractivity contribution in [1.82, 2.24) is 5.32 Å². The van der Waals surface area contributed by atoms with Crippen LogP contribution in [-0.4, -0.2) is 25.9 Å². The fourth-order valence-electron chi connectivity index (χ4n) is 1.26. The number of halogens is 1. The topological polar surface area (TPSA) is 41.5 Å². The smallest absolute Gasteiger partial charge is 0.119 e. The summed E-state index contributed by atoms with van der Waals surface area (Å²) in [6, 6.07) is 5.62. The van der Waals surface area contributed by atoms with Gasteiger partial charge in [0.2, 0.25) is 0 Å². The Morgan fingerprint density at radius 2 is 2.29 bits per heavy atom. The second kappa shape index (κ2) is 5.34. The normalized spacial score (nSPS) is 12.6. The Hall–Kier alpha value is -0.580. The minimum Gasteiger partial charge on any atom is -0.497 e. The number of benzene rings is 1. The number of hydrogen-bond donors (Lipinski definition) is 2. The Bertz CT molecular complexity index is 300. The highest BCUT2D eigenvalue weighted by molar-refractivity contribution is 9.10. The van der Waals surface area contributed by atoms with Crippen LogP contribution in [0, 0.1) is 0 Å². The van der Waals surface area contributed by atoms with Crippen LogP contribution >= 0.6 is 15.9 Å². The average Bonchev–Trinajstić information content (AvgIpc) is 2.22. The van der Waals surface area contributed by atoms with Crippen LogP contribution < -0.4 is 10.1 Å². The molecule has 0 bridgehead atoms. The minimum atomic E-state index is -0.0699. The van der Waals surface area contributed by atoms with Gasteiger partial charge in [0.25, 0.3) is 0 Å². The molecule has 0 aliphatic carbocycles. The zero-order valence-corrected chi connectivity index (χ0v) is 9.84. The molecule has 0 radical (unpaired) electrons. The van der Waals surface area contributed by atoms with Crippen molar-refractivity contribution in [3.63, 3.8) is 0 Å². The third-order valence-electron chi connectivity index (χ3n) is 2.11. The molecular formula is C10H14BrNO2. The van der Waals surface area contributed by atoms with Gasteiger partial charge in [-0.3, -0.25) is 0 Å². The van der Waals surface area contributed by atoms with Crippen molar-refractivity contribution >= 4 is 15.9 Å². The molecule has 3 nitrogen and oxygen atoms in total. The van der Waals surface area contributed by atoms with Crippen LogP contribution in [0.25, 0.3) is 0 Å². The van der Waals surface area contributed by atoms with Crippen LogP contribution in [0.5, 0.6) is 5.75 Å². The number of methoxy groups -OCH3 is 1. The number of likely N-dealkylation sites (N-methyl/N-ethyl adjacent to an activating group) is 1. The molecule has 14 heavy (non-hydrogen) atoms. The van der Waals surface area contributed by atoms with Crippen molar-refractivity contribution in [2.75, 3.05) is 20.8 Å². The number of hydrogen-bond acceptors (Lipinski definition) is 3. The van der Waals surface area contributed by atoms with Gasteiger partial charge in [-0.2, -0.15) is 0 Å². The Kier molecular flexibility index (Phi) is 4.38. The molecule has 1 rings (SSSR count). The molecule has 78 valence electrons. The largest absolute Gasteiger partial charge is 0.497 e. The number of aliphatic hydroxyl groups excluding tert-OH is 1. The highest BCUT2D eigenvalue weighted by Crippen LogP contribution is 2.27. The molecule has 4 heteroatoms. The number of rotatable bonds is 4. The lowest BCUT2D eigenvalue weighted by atomic mass is 10.1. The number of nitrogens with one attached hydrogen (secondary N) is 1. The van der Waals surface area contributed by atoms with E-state index >= 15 is 0 Å². The molecule has 1 atom stereocenters. The molecular weight excluding hydrogens is 246 g/mol. The van der Waals surface area contributed by atoms with E-state index in [1.165, 1.54) is 0 Å². The van der Waals surface area contributed by atoms with Gasteiger partial charge in [0.15, 0.2) is 0 Å². The van der Waals surface area contributed by atoms with Crippen molar-refractivity contribution in [2.45, 2.75) is 6.04 Å². The van der Waals surface area contributed by atoms with Crippen LogP contribution in [-0.2, 0) is 0 Å². The maximum absolute atomic E-state index is 9.14. The maximum atomic E-state index is 9.14. The molecule has 0 fully saturated rings.